The number of benzene rings is 1. The second-order valence-corrected chi connectivity index (χ2v) is 8.00. The normalized spacial score (nSPS) is 18.8. The molecule has 0 bridgehead atoms. The zero-order valence-electron chi connectivity index (χ0n) is 17.2. The van der Waals surface area contributed by atoms with Crippen LogP contribution >= 0.6 is 0 Å². The number of pyridine rings is 1. The van der Waals surface area contributed by atoms with Gasteiger partial charge < -0.3 is 0 Å². The average Bonchev–Trinajstić information content (AvgIpc) is 3.23. The van der Waals surface area contributed by atoms with Crippen LogP contribution in [0.5, 0.6) is 0 Å². The number of amides is 2. The average molecular weight is 393 g/mol. The Morgan fingerprint density at radius 2 is 1.97 bits per heavy atom. The highest BCUT2D eigenvalue weighted by Crippen LogP contribution is 2.32. The molecule has 1 aromatic heterocycles. The summed E-state index contributed by atoms with van der Waals surface area (Å²) in [7, 11) is 2.13. The van der Waals surface area contributed by atoms with Gasteiger partial charge in [0.05, 0.1) is 11.7 Å². The molecule has 2 aromatic rings. The predicted molar refractivity (Wildman–Crippen MR) is 111 cm³/mol. The first-order chi connectivity index (χ1) is 14.0. The molecule has 6 heteroatoms. The summed E-state index contributed by atoms with van der Waals surface area (Å²) < 4.78 is 0. The number of hydrazine groups is 1. The first-order valence-corrected chi connectivity index (χ1v) is 10.4. The van der Waals surface area contributed by atoms with Crippen molar-refractivity contribution in [1.29, 1.82) is 0 Å². The Balaban J connectivity index is 1.50. The monoisotopic (exact) mass is 392 g/mol. The molecule has 1 aliphatic heterocycles. The lowest BCUT2D eigenvalue weighted by Gasteiger charge is -2.32. The van der Waals surface area contributed by atoms with Gasteiger partial charge in [-0.3, -0.25) is 24.5 Å². The molecule has 6 nitrogen and oxygen atoms in total. The molecular formula is C23H28N4O2. The lowest BCUT2D eigenvalue weighted by molar-refractivity contribution is -0.137. The molecule has 0 N–H and O–H groups in total. The zero-order chi connectivity index (χ0) is 20.4. The van der Waals surface area contributed by atoms with Gasteiger partial charge in [0.1, 0.15) is 0 Å². The molecule has 0 spiro atoms. The summed E-state index contributed by atoms with van der Waals surface area (Å²) in [6.45, 7) is 3.45. The first-order valence-electron chi connectivity index (χ1n) is 10.4. The van der Waals surface area contributed by atoms with Crippen molar-refractivity contribution in [3.8, 4) is 0 Å². The van der Waals surface area contributed by atoms with Crippen LogP contribution in [0, 0.1) is 0 Å². The second-order valence-electron chi connectivity index (χ2n) is 8.00. The minimum absolute atomic E-state index is 0.0878. The van der Waals surface area contributed by atoms with Crippen molar-refractivity contribution in [2.45, 2.75) is 45.2 Å². The van der Waals surface area contributed by atoms with Crippen LogP contribution in [0.15, 0.2) is 42.6 Å². The van der Waals surface area contributed by atoms with E-state index in [2.05, 4.69) is 29.1 Å². The van der Waals surface area contributed by atoms with Crippen LogP contribution in [-0.4, -0.2) is 51.9 Å². The largest absolute Gasteiger partial charge is 0.294 e. The van der Waals surface area contributed by atoms with Crippen molar-refractivity contribution in [3.63, 3.8) is 0 Å². The van der Waals surface area contributed by atoms with E-state index in [0.29, 0.717) is 24.7 Å². The van der Waals surface area contributed by atoms with Crippen LogP contribution in [-0.2, 0) is 17.8 Å². The van der Waals surface area contributed by atoms with E-state index in [1.54, 1.807) is 10.0 Å². The maximum atomic E-state index is 13.0. The number of nitrogens with zero attached hydrogens (tertiary/aromatic N) is 4. The smallest absolute Gasteiger partial charge is 0.272 e. The van der Waals surface area contributed by atoms with Crippen molar-refractivity contribution >= 4 is 11.8 Å². The van der Waals surface area contributed by atoms with E-state index in [1.807, 2.05) is 30.5 Å². The minimum Gasteiger partial charge on any atom is -0.294 e. The van der Waals surface area contributed by atoms with E-state index < -0.39 is 0 Å². The second kappa shape index (κ2) is 8.33. The number of hydrogen-bond acceptors (Lipinski definition) is 4. The van der Waals surface area contributed by atoms with Crippen molar-refractivity contribution in [1.82, 2.24) is 19.9 Å². The fourth-order valence-electron chi connectivity index (χ4n) is 4.51. The first kappa shape index (κ1) is 19.6. The highest BCUT2D eigenvalue weighted by molar-refractivity contribution is 5.95. The summed E-state index contributed by atoms with van der Waals surface area (Å²) in [4.78, 5) is 31.7. The maximum absolute atomic E-state index is 13.0. The molecule has 1 fully saturated rings. The highest BCUT2D eigenvalue weighted by Gasteiger charge is 2.30. The van der Waals surface area contributed by atoms with Crippen LogP contribution < -0.4 is 0 Å². The molecule has 0 saturated carbocycles. The topological polar surface area (TPSA) is 56.8 Å². The van der Waals surface area contributed by atoms with E-state index in [1.165, 1.54) is 24.6 Å². The summed E-state index contributed by atoms with van der Waals surface area (Å²) in [5, 5.41) is 3.12. The summed E-state index contributed by atoms with van der Waals surface area (Å²) in [6.07, 6.45) is 6.06. The van der Waals surface area contributed by atoms with E-state index in [9.17, 15) is 9.59 Å². The van der Waals surface area contributed by atoms with Crippen LogP contribution in [0.3, 0.4) is 0 Å². The number of aryl methyl sites for hydroxylation is 1. The Kier molecular flexibility index (Phi) is 5.62. The van der Waals surface area contributed by atoms with E-state index in [-0.39, 0.29) is 11.8 Å². The molecule has 1 aromatic carbocycles. The fraction of sp³-hybridized carbons (Fsp3) is 0.435. The molecule has 152 valence electrons. The summed E-state index contributed by atoms with van der Waals surface area (Å²) >= 11 is 0. The molecule has 2 amide bonds. The number of hydrogen-bond donors (Lipinski definition) is 0. The van der Waals surface area contributed by atoms with E-state index in [4.69, 9.17) is 0 Å². The van der Waals surface area contributed by atoms with Gasteiger partial charge in [0, 0.05) is 38.3 Å². The molecule has 0 radical (unpaired) electrons. The van der Waals surface area contributed by atoms with Gasteiger partial charge in [0.2, 0.25) is 5.91 Å². The van der Waals surface area contributed by atoms with Crippen molar-refractivity contribution in [2.24, 2.45) is 0 Å². The molecule has 2 aliphatic rings. The predicted octanol–water partition coefficient (Wildman–Crippen LogP) is 3.20. The Bertz CT molecular complexity index is 913. The summed E-state index contributed by atoms with van der Waals surface area (Å²) in [5.74, 6) is -0.193. The SMILES string of the molecule is CC(=O)N1CCCN1C(=O)c1cccc(CN(C)C2CCCc3cccnc32)c1. The lowest BCUT2D eigenvalue weighted by Crippen LogP contribution is -2.43. The Morgan fingerprint density at radius 3 is 2.79 bits per heavy atom. The van der Waals surface area contributed by atoms with Gasteiger partial charge >= 0.3 is 0 Å². The van der Waals surface area contributed by atoms with Gasteiger partial charge in [-0.05, 0) is 62.1 Å². The number of carbonyl (C=O) groups is 2. The minimum atomic E-state index is -0.105. The van der Waals surface area contributed by atoms with Gasteiger partial charge in [0.15, 0.2) is 0 Å². The van der Waals surface area contributed by atoms with Crippen LogP contribution in [0.4, 0.5) is 0 Å². The third-order valence-electron chi connectivity index (χ3n) is 5.93. The van der Waals surface area contributed by atoms with E-state index >= 15 is 0 Å². The molecule has 1 unspecified atom stereocenters. The maximum Gasteiger partial charge on any atom is 0.272 e. The molecule has 2 heterocycles. The van der Waals surface area contributed by atoms with Crippen molar-refractivity contribution in [2.75, 3.05) is 20.1 Å². The molecular weight excluding hydrogens is 364 g/mol. The third kappa shape index (κ3) is 4.03. The highest BCUT2D eigenvalue weighted by atomic mass is 16.2. The van der Waals surface area contributed by atoms with Crippen molar-refractivity contribution in [3.05, 3.63) is 65.0 Å². The Morgan fingerprint density at radius 1 is 1.14 bits per heavy atom. The number of aromatic nitrogens is 1. The van der Waals surface area contributed by atoms with E-state index in [0.717, 1.165) is 31.4 Å². The van der Waals surface area contributed by atoms with Crippen molar-refractivity contribution < 1.29 is 9.59 Å². The molecule has 4 rings (SSSR count). The number of carbonyl (C=O) groups excluding carboxylic acids is 2. The number of fused-ring (bicyclic) bond motifs is 1. The Hall–Kier alpha value is -2.73. The van der Waals surface area contributed by atoms with Gasteiger partial charge in [-0.2, -0.15) is 0 Å². The zero-order valence-corrected chi connectivity index (χ0v) is 17.2. The van der Waals surface area contributed by atoms with Gasteiger partial charge in [0.25, 0.3) is 5.91 Å². The van der Waals surface area contributed by atoms with Gasteiger partial charge in [-0.25, -0.2) is 5.01 Å². The molecule has 1 saturated heterocycles. The molecule has 1 aliphatic carbocycles. The third-order valence-corrected chi connectivity index (χ3v) is 5.93. The molecule has 29 heavy (non-hydrogen) atoms. The molecule has 1 atom stereocenters. The van der Waals surface area contributed by atoms with Gasteiger partial charge in [-0.1, -0.05) is 18.2 Å². The van der Waals surface area contributed by atoms with Crippen LogP contribution in [0.2, 0.25) is 0 Å². The fourth-order valence-corrected chi connectivity index (χ4v) is 4.51. The van der Waals surface area contributed by atoms with Crippen LogP contribution in [0.1, 0.15) is 59.4 Å². The Labute approximate surface area is 172 Å². The standard InChI is InChI=1S/C23H28N4O2/c1-17(28)26-13-6-14-27(26)23(29)20-9-3-7-18(15-20)16-25(2)21-11-4-8-19-10-5-12-24-22(19)21/h3,5,7,9-10,12,15,21H,4,6,8,11,13-14,16H2,1-2H3. The van der Waals surface area contributed by atoms with Gasteiger partial charge in [-0.15, -0.1) is 0 Å². The summed E-state index contributed by atoms with van der Waals surface area (Å²) in [5.41, 5.74) is 4.25. The van der Waals surface area contributed by atoms with Crippen LogP contribution in [0.25, 0.3) is 0 Å². The quantitative estimate of drug-likeness (QED) is 0.802. The number of rotatable bonds is 4. The summed E-state index contributed by atoms with van der Waals surface area (Å²) in [6, 6.07) is 12.3. The lowest BCUT2D eigenvalue weighted by atomic mass is 9.91.